The van der Waals surface area contributed by atoms with E-state index in [-0.39, 0.29) is 35.7 Å². The number of carbonyl (C=O) groups excluding carboxylic acids is 5. The highest BCUT2D eigenvalue weighted by molar-refractivity contribution is 7.80. The van der Waals surface area contributed by atoms with Gasteiger partial charge in [-0.2, -0.15) is 0 Å². The lowest BCUT2D eigenvalue weighted by molar-refractivity contribution is -0.144. The maximum atomic E-state index is 14.8. The van der Waals surface area contributed by atoms with E-state index in [2.05, 4.69) is 87.3 Å². The van der Waals surface area contributed by atoms with Gasteiger partial charge >= 0.3 is 6.03 Å². The number of urea groups is 1. The average molecular weight is 761 g/mol. The van der Waals surface area contributed by atoms with Crippen LogP contribution in [-0.4, -0.2) is 78.2 Å². The van der Waals surface area contributed by atoms with Crippen molar-refractivity contribution < 1.29 is 24.0 Å². The summed E-state index contributed by atoms with van der Waals surface area (Å²) in [6.07, 6.45) is 8.15. The third-order valence-electron chi connectivity index (χ3n) is 10.9. The Kier molecular flexibility index (Phi) is 16.7. The number of Topliss-reactive ketones (excluding diaryl/α,β-unsaturated/α-hetero) is 1. The molecule has 1 aromatic heterocycles. The van der Waals surface area contributed by atoms with Crippen molar-refractivity contribution in [1.29, 1.82) is 0 Å². The molecule has 13 heteroatoms. The molecule has 0 spiro atoms. The van der Waals surface area contributed by atoms with Gasteiger partial charge in [0.15, 0.2) is 0 Å². The second-order valence-corrected chi connectivity index (χ2v) is 17.8. The van der Waals surface area contributed by atoms with Crippen LogP contribution in [0.15, 0.2) is 29.0 Å². The van der Waals surface area contributed by atoms with E-state index in [4.69, 9.17) is 0 Å². The number of nitrogens with zero attached hydrogens (tertiary/aromatic N) is 1. The van der Waals surface area contributed by atoms with Gasteiger partial charge in [0, 0.05) is 42.0 Å². The van der Waals surface area contributed by atoms with Crippen LogP contribution in [0.2, 0.25) is 0 Å². The van der Waals surface area contributed by atoms with Crippen LogP contribution in [-0.2, 0) is 25.7 Å². The van der Waals surface area contributed by atoms with E-state index in [0.717, 1.165) is 48.3 Å². The molecule has 2 aliphatic rings. The quantitative estimate of drug-likeness (QED) is 0.0653. The lowest BCUT2D eigenvalue weighted by atomic mass is 9.70. The topological polar surface area (TPSA) is 149 Å². The minimum atomic E-state index is -1.01. The monoisotopic (exact) mass is 760 g/mol. The van der Waals surface area contributed by atoms with Crippen molar-refractivity contribution in [2.24, 2.45) is 22.7 Å². The zero-order chi connectivity index (χ0) is 38.6. The summed E-state index contributed by atoms with van der Waals surface area (Å²) in [5.74, 6) is -1.98. The van der Waals surface area contributed by atoms with E-state index in [0.29, 0.717) is 38.9 Å². The van der Waals surface area contributed by atoms with Crippen LogP contribution in [0.3, 0.4) is 0 Å². The van der Waals surface area contributed by atoms with Crippen molar-refractivity contribution >= 4 is 53.5 Å². The number of rotatable bonds is 18. The minimum absolute atomic E-state index is 0.0477. The molecule has 2 unspecified atom stereocenters. The number of unbranched alkanes of at least 4 members (excludes halogenated alkanes) is 1. The van der Waals surface area contributed by atoms with Crippen LogP contribution in [0, 0.1) is 22.7 Å². The average Bonchev–Trinajstić information content (AvgIpc) is 3.73. The molecule has 292 valence electrons. The molecule has 5 N–H and O–H groups in total. The van der Waals surface area contributed by atoms with Crippen molar-refractivity contribution in [3.63, 3.8) is 0 Å². The molecule has 5 atom stereocenters. The number of amides is 5. The standard InChI is InChI=1S/C39H64N6O5S2/c1-9-11-15-27(32(46)35(48)41-19-10-2)42-34(47)28-21-26(25(3)4)24-45(28)36(49)33(39(8)17-13-12-14-18-39)44-37(50)43-31(38(5,6)7)23-40-22-30-29(51)16-20-52-30/h10,16,20,25-28,31,33,40,51H,2,9,11-15,17-19,21-24H2,1,3-8H3,(H,41,48)(H,42,47)(H2,43,44,50)/t26?,27?,28-,31+,33+/m0/s1. The molecule has 2 heterocycles. The summed E-state index contributed by atoms with van der Waals surface area (Å²) in [7, 11) is 0. The van der Waals surface area contributed by atoms with Crippen LogP contribution >= 0.6 is 24.0 Å². The molecule has 0 bridgehead atoms. The number of carbonyl (C=O) groups is 5. The fourth-order valence-electron chi connectivity index (χ4n) is 7.25. The number of nitrogens with one attached hydrogen (secondary N) is 5. The molecule has 1 aromatic rings. The zero-order valence-corrected chi connectivity index (χ0v) is 34.2. The highest BCUT2D eigenvalue weighted by Crippen LogP contribution is 2.41. The maximum absolute atomic E-state index is 14.8. The fourth-order valence-corrected chi connectivity index (χ4v) is 8.40. The zero-order valence-electron chi connectivity index (χ0n) is 32.4. The Hall–Kier alpha value is -2.90. The summed E-state index contributed by atoms with van der Waals surface area (Å²) in [4.78, 5) is 72.3. The molecule has 1 aliphatic carbocycles. The Morgan fingerprint density at radius 2 is 1.79 bits per heavy atom. The smallest absolute Gasteiger partial charge is 0.315 e. The van der Waals surface area contributed by atoms with Crippen LogP contribution in [0.25, 0.3) is 0 Å². The Bertz CT molecular complexity index is 1390. The summed E-state index contributed by atoms with van der Waals surface area (Å²) in [5, 5.41) is 17.1. The summed E-state index contributed by atoms with van der Waals surface area (Å²) in [5.41, 5.74) is -0.793. The van der Waals surface area contributed by atoms with Crippen LogP contribution in [0.4, 0.5) is 4.79 Å². The maximum Gasteiger partial charge on any atom is 0.315 e. The highest BCUT2D eigenvalue weighted by Gasteiger charge is 2.49. The van der Waals surface area contributed by atoms with Crippen molar-refractivity contribution in [1.82, 2.24) is 31.5 Å². The number of ketones is 1. The van der Waals surface area contributed by atoms with Gasteiger partial charge in [-0.25, -0.2) is 4.79 Å². The van der Waals surface area contributed by atoms with Crippen molar-refractivity contribution in [2.75, 3.05) is 19.6 Å². The molecule has 52 heavy (non-hydrogen) atoms. The second-order valence-electron chi connectivity index (χ2n) is 16.4. The molecule has 0 radical (unpaired) electrons. The molecule has 3 rings (SSSR count). The Labute approximate surface area is 321 Å². The van der Waals surface area contributed by atoms with Gasteiger partial charge in [-0.15, -0.1) is 30.5 Å². The van der Waals surface area contributed by atoms with Crippen LogP contribution in [0.5, 0.6) is 0 Å². The van der Waals surface area contributed by atoms with E-state index in [1.807, 2.05) is 18.4 Å². The Balaban J connectivity index is 1.86. The molecule has 2 fully saturated rings. The van der Waals surface area contributed by atoms with E-state index < -0.39 is 47.2 Å². The largest absolute Gasteiger partial charge is 0.346 e. The Morgan fingerprint density at radius 3 is 2.37 bits per heavy atom. The van der Waals surface area contributed by atoms with Crippen molar-refractivity contribution in [3.05, 3.63) is 29.0 Å². The van der Waals surface area contributed by atoms with Crippen LogP contribution in [0.1, 0.15) is 111 Å². The van der Waals surface area contributed by atoms with Gasteiger partial charge < -0.3 is 31.5 Å². The molecule has 5 amide bonds. The normalized spacial score (nSPS) is 20.4. The molecular weight excluding hydrogens is 697 g/mol. The lowest BCUT2D eigenvalue weighted by Crippen LogP contribution is -2.62. The minimum Gasteiger partial charge on any atom is -0.346 e. The summed E-state index contributed by atoms with van der Waals surface area (Å²) in [6, 6.07) is -1.41. The molecular formula is C39H64N6O5S2. The van der Waals surface area contributed by atoms with Gasteiger partial charge in [0.2, 0.25) is 17.6 Å². The first-order chi connectivity index (χ1) is 24.5. The van der Waals surface area contributed by atoms with Gasteiger partial charge in [-0.3, -0.25) is 19.2 Å². The third kappa shape index (κ3) is 12.1. The lowest BCUT2D eigenvalue weighted by Gasteiger charge is -2.43. The number of thiophene rings is 1. The van der Waals surface area contributed by atoms with E-state index in [1.54, 1.807) is 16.2 Å². The van der Waals surface area contributed by atoms with Crippen molar-refractivity contribution in [2.45, 2.75) is 142 Å². The first-order valence-electron chi connectivity index (χ1n) is 19.1. The predicted molar refractivity (Wildman–Crippen MR) is 211 cm³/mol. The second kappa shape index (κ2) is 20.0. The number of hydrogen-bond donors (Lipinski definition) is 6. The molecule has 1 aliphatic heterocycles. The van der Waals surface area contributed by atoms with Gasteiger partial charge in [-0.1, -0.05) is 86.6 Å². The molecule has 11 nitrogen and oxygen atoms in total. The summed E-state index contributed by atoms with van der Waals surface area (Å²) < 4.78 is 0. The predicted octanol–water partition coefficient (Wildman–Crippen LogP) is 5.60. The van der Waals surface area contributed by atoms with E-state index >= 15 is 0 Å². The van der Waals surface area contributed by atoms with Gasteiger partial charge in [0.05, 0.1) is 6.04 Å². The van der Waals surface area contributed by atoms with E-state index in [9.17, 15) is 24.0 Å². The Morgan fingerprint density at radius 1 is 1.10 bits per heavy atom. The first kappa shape index (κ1) is 43.5. The van der Waals surface area contributed by atoms with Gasteiger partial charge in [0.1, 0.15) is 12.1 Å². The summed E-state index contributed by atoms with van der Waals surface area (Å²) >= 11 is 6.16. The highest BCUT2D eigenvalue weighted by atomic mass is 32.1. The SMILES string of the molecule is C=CCNC(=O)C(=O)C(CCCC)NC(=O)[C@@H]1CC(C(C)C)CN1C(=O)[C@@H](NC(=O)N[C@H](CNCc1sccc1S)C(C)(C)C)C1(C)CCCCC1. The fraction of sp³-hybridized carbons (Fsp3) is 0.718. The molecule has 1 saturated carbocycles. The van der Waals surface area contributed by atoms with Crippen molar-refractivity contribution in [3.8, 4) is 0 Å². The molecule has 1 saturated heterocycles. The number of likely N-dealkylation sites (tertiary alicyclic amines) is 1. The van der Waals surface area contributed by atoms with Gasteiger partial charge in [0.25, 0.3) is 5.91 Å². The summed E-state index contributed by atoms with van der Waals surface area (Å²) in [6.45, 7) is 19.6. The molecule has 0 aromatic carbocycles. The number of thiol groups is 1. The van der Waals surface area contributed by atoms with E-state index in [1.165, 1.54) is 6.08 Å². The number of hydrogen-bond acceptors (Lipinski definition) is 8. The van der Waals surface area contributed by atoms with Crippen LogP contribution < -0.4 is 26.6 Å². The first-order valence-corrected chi connectivity index (χ1v) is 20.4. The van der Waals surface area contributed by atoms with Gasteiger partial charge in [-0.05, 0) is 59.8 Å². The third-order valence-corrected chi connectivity index (χ3v) is 12.4.